The summed E-state index contributed by atoms with van der Waals surface area (Å²) >= 11 is 13.4. The number of methoxy groups -OCH3 is 1. The molecule has 0 radical (unpaired) electrons. The van der Waals surface area contributed by atoms with E-state index in [2.05, 4.69) is 20.7 Å². The van der Waals surface area contributed by atoms with Crippen LogP contribution in [0.5, 0.6) is 5.88 Å². The molecule has 0 saturated heterocycles. The highest BCUT2D eigenvalue weighted by Crippen LogP contribution is 2.42. The maximum atomic E-state index is 15.0. The number of aromatic nitrogens is 3. The van der Waals surface area contributed by atoms with Crippen molar-refractivity contribution in [2.45, 2.75) is 44.4 Å². The van der Waals surface area contributed by atoms with Gasteiger partial charge in [-0.3, -0.25) is 9.59 Å². The van der Waals surface area contributed by atoms with Crippen molar-refractivity contribution in [3.05, 3.63) is 91.8 Å². The predicted molar refractivity (Wildman–Crippen MR) is 164 cm³/mol. The molecule has 13 heteroatoms. The number of pyridine rings is 1. The fourth-order valence-corrected chi connectivity index (χ4v) is 5.80. The lowest BCUT2D eigenvalue weighted by Gasteiger charge is -2.28. The molecule has 2 heterocycles. The second-order valence-corrected chi connectivity index (χ2v) is 11.2. The summed E-state index contributed by atoms with van der Waals surface area (Å²) in [5.74, 6) is -2.02. The zero-order valence-electron chi connectivity index (χ0n) is 23.8. The summed E-state index contributed by atoms with van der Waals surface area (Å²) in [6.45, 7) is 0.402. The van der Waals surface area contributed by atoms with Crippen molar-refractivity contribution in [3.63, 3.8) is 0 Å². The van der Waals surface area contributed by atoms with E-state index in [1.165, 1.54) is 32.5 Å². The molecule has 9 nitrogen and oxygen atoms in total. The highest BCUT2D eigenvalue weighted by Gasteiger charge is 2.24. The molecule has 44 heavy (non-hydrogen) atoms. The van der Waals surface area contributed by atoms with E-state index >= 15 is 4.39 Å². The number of amides is 1. The van der Waals surface area contributed by atoms with E-state index in [-0.39, 0.29) is 44.0 Å². The standard InChI is InChI=1S/C31H29Cl2F2N5O4/c1-40-31(43)19(9-10-37-40)29(42)38-25-14-18(35)12-21(28(25)33)20-11-17(34)13-22(27(20)32)23-8-7-16(30(39-23)44-2)15-36-24-5-3-4-6-26(24)41/h7-14,24,26,36,41H,3-6,15H2,1-2H3,(H,38,42). The SMILES string of the molecule is COc1nc(-c2cc(F)cc(-c3cc(F)cc(NC(=O)c4ccnn(C)c4=O)c3Cl)c2Cl)ccc1CNC1CCCCC1O. The number of carbonyl (C=O) groups excluding carboxylic acids is 1. The third-order valence-electron chi connectivity index (χ3n) is 7.56. The molecule has 2 aromatic heterocycles. The van der Waals surface area contributed by atoms with Crippen LogP contribution in [0.2, 0.25) is 10.0 Å². The molecule has 1 amide bonds. The minimum absolute atomic E-state index is 0.00849. The van der Waals surface area contributed by atoms with Crippen molar-refractivity contribution in [1.29, 1.82) is 0 Å². The molecule has 2 atom stereocenters. The van der Waals surface area contributed by atoms with Gasteiger partial charge in [-0.25, -0.2) is 18.4 Å². The molecule has 230 valence electrons. The number of ether oxygens (including phenoxy) is 1. The zero-order chi connectivity index (χ0) is 31.5. The Morgan fingerprint density at radius 2 is 1.73 bits per heavy atom. The fraction of sp³-hybridized carbons (Fsp3) is 0.290. The predicted octanol–water partition coefficient (Wildman–Crippen LogP) is 5.75. The summed E-state index contributed by atoms with van der Waals surface area (Å²) < 4.78 is 36.4. The molecule has 2 aromatic carbocycles. The van der Waals surface area contributed by atoms with E-state index in [0.29, 0.717) is 18.1 Å². The number of nitrogens with one attached hydrogen (secondary N) is 2. The number of carbonyl (C=O) groups is 1. The van der Waals surface area contributed by atoms with Crippen LogP contribution in [0.1, 0.15) is 41.6 Å². The first kappa shape index (κ1) is 31.5. The topological polar surface area (TPSA) is 118 Å². The third kappa shape index (κ3) is 6.61. The quantitative estimate of drug-likeness (QED) is 0.224. The van der Waals surface area contributed by atoms with Gasteiger partial charge in [0.25, 0.3) is 11.5 Å². The monoisotopic (exact) mass is 643 g/mol. The molecule has 0 spiro atoms. The van der Waals surface area contributed by atoms with Crippen LogP contribution in [-0.2, 0) is 13.6 Å². The molecule has 2 unspecified atom stereocenters. The first-order chi connectivity index (χ1) is 21.1. The lowest BCUT2D eigenvalue weighted by atomic mass is 9.92. The molecule has 0 bridgehead atoms. The molecule has 1 fully saturated rings. The number of aliphatic hydroxyl groups is 1. The molecule has 0 aliphatic heterocycles. The van der Waals surface area contributed by atoms with Crippen LogP contribution < -0.4 is 20.9 Å². The van der Waals surface area contributed by atoms with E-state index in [0.717, 1.165) is 54.1 Å². The lowest BCUT2D eigenvalue weighted by Crippen LogP contribution is -2.41. The normalized spacial score (nSPS) is 16.5. The van der Waals surface area contributed by atoms with Crippen LogP contribution in [0.25, 0.3) is 22.4 Å². The molecule has 4 aromatic rings. The minimum atomic E-state index is -0.832. The number of aryl methyl sites for hydroxylation is 1. The Morgan fingerprint density at radius 3 is 2.45 bits per heavy atom. The highest BCUT2D eigenvalue weighted by molar-refractivity contribution is 6.39. The maximum absolute atomic E-state index is 15.0. The van der Waals surface area contributed by atoms with E-state index in [4.69, 9.17) is 27.9 Å². The number of rotatable bonds is 8. The third-order valence-corrected chi connectivity index (χ3v) is 8.37. The van der Waals surface area contributed by atoms with Gasteiger partial charge < -0.3 is 20.5 Å². The van der Waals surface area contributed by atoms with Gasteiger partial charge in [0.1, 0.15) is 17.2 Å². The van der Waals surface area contributed by atoms with E-state index in [1.54, 1.807) is 12.1 Å². The van der Waals surface area contributed by atoms with Gasteiger partial charge in [-0.05, 0) is 49.2 Å². The summed E-state index contributed by atoms with van der Waals surface area (Å²) in [4.78, 5) is 29.7. The Hall–Kier alpha value is -3.90. The molecule has 1 saturated carbocycles. The molecule has 1 aliphatic rings. The summed E-state index contributed by atoms with van der Waals surface area (Å²) in [5.41, 5.74) is 0.257. The number of anilines is 1. The van der Waals surface area contributed by atoms with Gasteiger partial charge in [-0.2, -0.15) is 5.10 Å². The first-order valence-corrected chi connectivity index (χ1v) is 14.6. The molecule has 1 aliphatic carbocycles. The Labute approximate surface area is 261 Å². The van der Waals surface area contributed by atoms with Gasteiger partial charge in [0.2, 0.25) is 5.88 Å². The lowest BCUT2D eigenvalue weighted by molar-refractivity contribution is 0.0901. The number of aliphatic hydroxyl groups excluding tert-OH is 1. The maximum Gasteiger partial charge on any atom is 0.279 e. The molecule has 5 rings (SSSR count). The van der Waals surface area contributed by atoms with Crippen molar-refractivity contribution in [1.82, 2.24) is 20.1 Å². The minimum Gasteiger partial charge on any atom is -0.481 e. The average molecular weight is 645 g/mol. The zero-order valence-corrected chi connectivity index (χ0v) is 25.3. The Balaban J connectivity index is 1.48. The van der Waals surface area contributed by atoms with Crippen molar-refractivity contribution < 1.29 is 23.4 Å². The summed E-state index contributed by atoms with van der Waals surface area (Å²) in [7, 11) is 2.85. The van der Waals surface area contributed by atoms with Crippen molar-refractivity contribution in [2.75, 3.05) is 12.4 Å². The van der Waals surface area contributed by atoms with Crippen LogP contribution in [0.3, 0.4) is 0 Å². The van der Waals surface area contributed by atoms with Crippen LogP contribution in [0.15, 0.2) is 53.5 Å². The van der Waals surface area contributed by atoms with Gasteiger partial charge in [-0.1, -0.05) is 42.1 Å². The van der Waals surface area contributed by atoms with Gasteiger partial charge in [-0.15, -0.1) is 0 Å². The first-order valence-electron chi connectivity index (χ1n) is 13.8. The van der Waals surface area contributed by atoms with Gasteiger partial charge >= 0.3 is 0 Å². The van der Waals surface area contributed by atoms with E-state index < -0.39 is 29.2 Å². The van der Waals surface area contributed by atoms with Crippen LogP contribution in [-0.4, -0.2) is 45.0 Å². The van der Waals surface area contributed by atoms with E-state index in [1.807, 2.05) is 0 Å². The molecule has 3 N–H and O–H groups in total. The number of halogens is 4. The number of hydrogen-bond donors (Lipinski definition) is 3. The second-order valence-electron chi connectivity index (χ2n) is 10.5. The van der Waals surface area contributed by atoms with Gasteiger partial charge in [0.15, 0.2) is 0 Å². The number of hydrogen-bond acceptors (Lipinski definition) is 7. The summed E-state index contributed by atoms with van der Waals surface area (Å²) in [6, 6.07) is 8.97. The average Bonchev–Trinajstić information content (AvgIpc) is 3.00. The Morgan fingerprint density at radius 1 is 1.05 bits per heavy atom. The van der Waals surface area contributed by atoms with Crippen LogP contribution >= 0.6 is 23.2 Å². The fourth-order valence-electron chi connectivity index (χ4n) is 5.24. The number of benzene rings is 2. The van der Waals surface area contributed by atoms with Gasteiger partial charge in [0, 0.05) is 48.1 Å². The van der Waals surface area contributed by atoms with Crippen LogP contribution in [0, 0.1) is 11.6 Å². The molecular formula is C31H29Cl2F2N5O4. The number of nitrogens with zero attached hydrogens (tertiary/aromatic N) is 3. The molecular weight excluding hydrogens is 615 g/mol. The van der Waals surface area contributed by atoms with Crippen LogP contribution in [0.4, 0.5) is 14.5 Å². The second kappa shape index (κ2) is 13.4. The van der Waals surface area contributed by atoms with Gasteiger partial charge in [0.05, 0.1) is 34.6 Å². The Bertz CT molecular complexity index is 1790. The van der Waals surface area contributed by atoms with Crippen molar-refractivity contribution in [2.24, 2.45) is 7.05 Å². The summed E-state index contributed by atoms with van der Waals surface area (Å²) in [5, 5.41) is 19.8. The van der Waals surface area contributed by atoms with E-state index in [9.17, 15) is 19.1 Å². The largest absolute Gasteiger partial charge is 0.481 e. The smallest absolute Gasteiger partial charge is 0.279 e. The van der Waals surface area contributed by atoms with Crippen molar-refractivity contribution >= 4 is 34.8 Å². The highest BCUT2D eigenvalue weighted by atomic mass is 35.5. The summed E-state index contributed by atoms with van der Waals surface area (Å²) in [6.07, 6.45) is 4.51. The Kier molecular flexibility index (Phi) is 9.59. The van der Waals surface area contributed by atoms with Crippen molar-refractivity contribution in [3.8, 4) is 28.3 Å².